The number of hydrogen-bond donors (Lipinski definition) is 2. The van der Waals surface area contributed by atoms with Crippen molar-refractivity contribution >= 4 is 50.0 Å². The molecule has 2 aromatic heterocycles. The minimum atomic E-state index is -0.330. The van der Waals surface area contributed by atoms with Crippen LogP contribution in [0.15, 0.2) is 35.2 Å². The Labute approximate surface area is 211 Å². The highest BCUT2D eigenvalue weighted by Crippen LogP contribution is 2.31. The summed E-state index contributed by atoms with van der Waals surface area (Å²) in [5.74, 6) is -0.413. The number of nitrogens with zero attached hydrogens (tertiary/aromatic N) is 3. The molecule has 0 atom stereocenters. The number of halogens is 1. The molecule has 184 valence electrons. The number of carbonyl (C=O) groups is 2. The summed E-state index contributed by atoms with van der Waals surface area (Å²) in [7, 11) is 0. The van der Waals surface area contributed by atoms with Crippen LogP contribution >= 0.6 is 22.7 Å². The van der Waals surface area contributed by atoms with Crippen molar-refractivity contribution in [2.24, 2.45) is 0 Å². The van der Waals surface area contributed by atoms with E-state index in [-0.39, 0.29) is 23.7 Å². The topological polar surface area (TPSA) is 87.2 Å². The molecular weight excluding hydrogens is 485 g/mol. The molecule has 0 radical (unpaired) electrons. The number of allylic oxidation sites excluding steroid dienone is 1. The van der Waals surface area contributed by atoms with E-state index >= 15 is 0 Å². The number of aromatic nitrogens is 2. The van der Waals surface area contributed by atoms with Gasteiger partial charge < -0.3 is 10.2 Å². The van der Waals surface area contributed by atoms with Gasteiger partial charge in [-0.2, -0.15) is 0 Å². The van der Waals surface area contributed by atoms with Crippen LogP contribution in [0.1, 0.15) is 66.4 Å². The second kappa shape index (κ2) is 10.8. The number of likely N-dealkylation sites (tertiary alicyclic amines) is 1. The smallest absolute Gasteiger partial charge is 0.317 e. The number of fused-ring (bicyclic) bond motifs is 1. The van der Waals surface area contributed by atoms with E-state index in [9.17, 15) is 14.0 Å². The summed E-state index contributed by atoms with van der Waals surface area (Å²) in [5, 5.41) is 8.94. The number of amides is 3. The third-order valence-corrected chi connectivity index (χ3v) is 8.51. The Morgan fingerprint density at radius 1 is 1.17 bits per heavy atom. The Morgan fingerprint density at radius 3 is 2.83 bits per heavy atom. The molecule has 0 bridgehead atoms. The predicted octanol–water partition coefficient (Wildman–Crippen LogP) is 5.92. The van der Waals surface area contributed by atoms with Crippen LogP contribution in [-0.4, -0.2) is 46.4 Å². The second-order valence-electron chi connectivity index (χ2n) is 9.01. The molecule has 35 heavy (non-hydrogen) atoms. The summed E-state index contributed by atoms with van der Waals surface area (Å²) < 4.78 is 14.1. The molecule has 7 nitrogen and oxygen atoms in total. The lowest BCUT2D eigenvalue weighted by molar-refractivity contribution is 0.102. The maximum atomic E-state index is 13.4. The molecule has 3 heterocycles. The summed E-state index contributed by atoms with van der Waals surface area (Å²) in [6.07, 6.45) is 9.80. The normalized spacial score (nSPS) is 16.8. The Kier molecular flexibility index (Phi) is 7.38. The monoisotopic (exact) mass is 513 g/mol. The first-order valence-electron chi connectivity index (χ1n) is 12.1. The summed E-state index contributed by atoms with van der Waals surface area (Å²) >= 11 is 2.71. The lowest BCUT2D eigenvalue weighted by atomic mass is 9.97. The second-order valence-corrected chi connectivity index (χ2v) is 10.9. The lowest BCUT2D eigenvalue weighted by Gasteiger charge is -2.31. The number of benzene rings is 1. The highest BCUT2D eigenvalue weighted by Gasteiger charge is 2.26. The minimum absolute atomic E-state index is 0.00906. The summed E-state index contributed by atoms with van der Waals surface area (Å²) in [6.45, 7) is 2.06. The van der Waals surface area contributed by atoms with Gasteiger partial charge in [-0.25, -0.2) is 19.2 Å². The molecule has 1 fully saturated rings. The van der Waals surface area contributed by atoms with Gasteiger partial charge in [-0.3, -0.25) is 10.1 Å². The van der Waals surface area contributed by atoms with Crippen molar-refractivity contribution in [2.75, 3.05) is 25.0 Å². The third kappa shape index (κ3) is 5.87. The van der Waals surface area contributed by atoms with Crippen molar-refractivity contribution < 1.29 is 14.0 Å². The summed E-state index contributed by atoms with van der Waals surface area (Å²) in [5.41, 5.74) is 2.47. The maximum Gasteiger partial charge on any atom is 0.317 e. The number of thiazole rings is 2. The van der Waals surface area contributed by atoms with E-state index in [1.54, 1.807) is 11.4 Å². The number of anilines is 1. The van der Waals surface area contributed by atoms with Gasteiger partial charge in [0.15, 0.2) is 5.13 Å². The zero-order chi connectivity index (χ0) is 24.2. The third-order valence-electron chi connectivity index (χ3n) is 6.56. The van der Waals surface area contributed by atoms with Gasteiger partial charge in [0.1, 0.15) is 11.5 Å². The van der Waals surface area contributed by atoms with Crippen LogP contribution in [-0.2, 0) is 0 Å². The van der Waals surface area contributed by atoms with Crippen molar-refractivity contribution in [3.8, 4) is 0 Å². The van der Waals surface area contributed by atoms with Crippen molar-refractivity contribution in [3.63, 3.8) is 0 Å². The highest BCUT2D eigenvalue weighted by atomic mass is 32.1. The van der Waals surface area contributed by atoms with Crippen molar-refractivity contribution in [3.05, 3.63) is 51.7 Å². The standard InChI is InChI=1S/C25H28FN5O2S2/c26-18-6-7-19-21(14-18)35-24(29-19)30-22(32)20-15-34-23(28-20)17-9-12-31(13-10-17)25(33)27-11-8-16-4-2-1-3-5-16/h4,6-7,14-15,17H,1-3,5,8-13H2,(H,27,33)(H,29,30,32). The van der Waals surface area contributed by atoms with Crippen molar-refractivity contribution in [2.45, 2.75) is 50.9 Å². The number of rotatable bonds is 6. The molecule has 0 spiro atoms. The van der Waals surface area contributed by atoms with E-state index in [1.807, 2.05) is 4.90 Å². The number of carbonyl (C=O) groups excluding carboxylic acids is 2. The lowest BCUT2D eigenvalue weighted by Crippen LogP contribution is -2.44. The molecule has 3 amide bonds. The van der Waals surface area contributed by atoms with Gasteiger partial charge in [-0.1, -0.05) is 23.0 Å². The zero-order valence-corrected chi connectivity index (χ0v) is 21.0. The fourth-order valence-electron chi connectivity index (χ4n) is 4.60. The first-order valence-corrected chi connectivity index (χ1v) is 13.8. The van der Waals surface area contributed by atoms with Crippen LogP contribution < -0.4 is 10.6 Å². The zero-order valence-electron chi connectivity index (χ0n) is 19.4. The number of piperidine rings is 1. The maximum absolute atomic E-state index is 13.4. The Morgan fingerprint density at radius 2 is 2.03 bits per heavy atom. The van der Waals surface area contributed by atoms with Crippen LogP contribution in [0.2, 0.25) is 0 Å². The molecule has 2 aliphatic rings. The van der Waals surface area contributed by atoms with Crippen LogP contribution in [0, 0.1) is 5.82 Å². The molecule has 3 aromatic rings. The number of hydrogen-bond acceptors (Lipinski definition) is 6. The minimum Gasteiger partial charge on any atom is -0.338 e. The number of nitrogens with one attached hydrogen (secondary N) is 2. The molecule has 1 saturated heterocycles. The van der Waals surface area contributed by atoms with E-state index in [4.69, 9.17) is 0 Å². The van der Waals surface area contributed by atoms with Crippen LogP contribution in [0.25, 0.3) is 10.2 Å². The van der Waals surface area contributed by atoms with E-state index in [1.165, 1.54) is 59.6 Å². The van der Waals surface area contributed by atoms with Gasteiger partial charge >= 0.3 is 6.03 Å². The molecule has 1 aliphatic carbocycles. The van der Waals surface area contributed by atoms with Gasteiger partial charge in [-0.05, 0) is 63.1 Å². The fraction of sp³-hybridized carbons (Fsp3) is 0.440. The first-order chi connectivity index (χ1) is 17.0. The number of urea groups is 1. The summed E-state index contributed by atoms with van der Waals surface area (Å²) in [6, 6.07) is 4.36. The first kappa shape index (κ1) is 23.9. The Bertz CT molecular complexity index is 1250. The molecule has 1 aromatic carbocycles. The van der Waals surface area contributed by atoms with Gasteiger partial charge in [0.05, 0.1) is 15.2 Å². The molecule has 0 unspecified atom stereocenters. The fourth-order valence-corrected chi connectivity index (χ4v) is 6.45. The van der Waals surface area contributed by atoms with E-state index in [0.29, 0.717) is 40.7 Å². The molecule has 2 N–H and O–H groups in total. The average Bonchev–Trinajstić information content (AvgIpc) is 3.52. The Balaban J connectivity index is 1.10. The average molecular weight is 514 g/mol. The SMILES string of the molecule is O=C(Nc1nc2ccc(F)cc2s1)c1csc(C2CCN(C(=O)NCCC3=CCCCC3)CC2)n1. The van der Waals surface area contributed by atoms with Gasteiger partial charge in [0, 0.05) is 30.9 Å². The largest absolute Gasteiger partial charge is 0.338 e. The summed E-state index contributed by atoms with van der Waals surface area (Å²) in [4.78, 5) is 36.0. The quantitative estimate of drug-likeness (QED) is 0.400. The van der Waals surface area contributed by atoms with E-state index in [0.717, 1.165) is 30.7 Å². The van der Waals surface area contributed by atoms with Gasteiger partial charge in [0.25, 0.3) is 5.91 Å². The molecule has 5 rings (SSSR count). The molecule has 1 aliphatic heterocycles. The van der Waals surface area contributed by atoms with Gasteiger partial charge in [0.2, 0.25) is 0 Å². The molecular formula is C25H28FN5O2S2. The van der Waals surface area contributed by atoms with Crippen LogP contribution in [0.4, 0.5) is 14.3 Å². The van der Waals surface area contributed by atoms with E-state index in [2.05, 4.69) is 26.7 Å². The Hall–Kier alpha value is -2.85. The van der Waals surface area contributed by atoms with E-state index < -0.39 is 0 Å². The predicted molar refractivity (Wildman–Crippen MR) is 138 cm³/mol. The molecule has 10 heteroatoms. The molecule has 0 saturated carbocycles. The van der Waals surface area contributed by atoms with Crippen LogP contribution in [0.3, 0.4) is 0 Å². The van der Waals surface area contributed by atoms with Crippen molar-refractivity contribution in [1.82, 2.24) is 20.2 Å². The van der Waals surface area contributed by atoms with Crippen molar-refractivity contribution in [1.29, 1.82) is 0 Å². The van der Waals surface area contributed by atoms with Crippen LogP contribution in [0.5, 0.6) is 0 Å². The highest BCUT2D eigenvalue weighted by molar-refractivity contribution is 7.22. The van der Waals surface area contributed by atoms with Gasteiger partial charge in [-0.15, -0.1) is 11.3 Å².